The highest BCUT2D eigenvalue weighted by atomic mass is 127. The molecule has 0 spiro atoms. The molecule has 0 amide bonds. The van der Waals surface area contributed by atoms with Gasteiger partial charge in [-0.15, -0.1) is 0 Å². The van der Waals surface area contributed by atoms with Crippen molar-refractivity contribution in [3.63, 3.8) is 0 Å². The van der Waals surface area contributed by atoms with Gasteiger partial charge in [-0.3, -0.25) is 0 Å². The van der Waals surface area contributed by atoms with Crippen LogP contribution in [0.4, 0.5) is 0 Å². The third-order valence-electron chi connectivity index (χ3n) is 1.84. The van der Waals surface area contributed by atoms with Crippen molar-refractivity contribution in [2.45, 2.75) is 6.92 Å². The van der Waals surface area contributed by atoms with Gasteiger partial charge in [-0.2, -0.15) is 5.26 Å². The number of benzene rings is 1. The molecule has 1 rings (SSSR count). The molecular formula is C10H8INO2. The van der Waals surface area contributed by atoms with Crippen molar-refractivity contribution in [2.24, 2.45) is 0 Å². The number of nitrogens with zero attached hydrogens (tertiary/aromatic N) is 1. The van der Waals surface area contributed by atoms with Crippen LogP contribution in [0.5, 0.6) is 0 Å². The van der Waals surface area contributed by atoms with Crippen LogP contribution in [0.15, 0.2) is 12.1 Å². The lowest BCUT2D eigenvalue weighted by Gasteiger charge is -2.05. The maximum absolute atomic E-state index is 11.3. The smallest absolute Gasteiger partial charge is 0.338 e. The number of carbonyl (C=O) groups excluding carboxylic acids is 1. The summed E-state index contributed by atoms with van der Waals surface area (Å²) in [5.41, 5.74) is 1.77. The first-order chi connectivity index (χ1) is 6.60. The molecule has 0 aromatic heterocycles. The largest absolute Gasteiger partial charge is 0.465 e. The number of hydrogen-bond acceptors (Lipinski definition) is 3. The van der Waals surface area contributed by atoms with Crippen LogP contribution in [0.2, 0.25) is 0 Å². The van der Waals surface area contributed by atoms with Crippen LogP contribution in [0.3, 0.4) is 0 Å². The van der Waals surface area contributed by atoms with Gasteiger partial charge in [0.15, 0.2) is 0 Å². The second-order valence-corrected chi connectivity index (χ2v) is 3.91. The molecule has 0 radical (unpaired) electrons. The van der Waals surface area contributed by atoms with Gasteiger partial charge in [0, 0.05) is 3.57 Å². The van der Waals surface area contributed by atoms with Gasteiger partial charge < -0.3 is 4.74 Å². The Morgan fingerprint density at radius 1 is 1.57 bits per heavy atom. The first-order valence-corrected chi connectivity index (χ1v) is 4.96. The topological polar surface area (TPSA) is 50.1 Å². The Bertz CT molecular complexity index is 421. The molecule has 72 valence electrons. The zero-order valence-electron chi connectivity index (χ0n) is 7.80. The van der Waals surface area contributed by atoms with Crippen LogP contribution >= 0.6 is 22.6 Å². The summed E-state index contributed by atoms with van der Waals surface area (Å²) in [6, 6.07) is 5.38. The first kappa shape index (κ1) is 11.0. The highest BCUT2D eigenvalue weighted by Gasteiger charge is 2.12. The molecule has 0 aliphatic heterocycles. The van der Waals surface area contributed by atoms with Gasteiger partial charge in [0.05, 0.1) is 18.2 Å². The number of nitriles is 1. The number of methoxy groups -OCH3 is 1. The van der Waals surface area contributed by atoms with E-state index >= 15 is 0 Å². The number of rotatable bonds is 1. The standard InChI is InChI=1S/C10H8INO2/c1-6-3-9(11)7(5-12)4-8(6)10(13)14-2/h3-4H,1-2H3. The molecule has 0 aliphatic carbocycles. The molecule has 0 aliphatic rings. The zero-order chi connectivity index (χ0) is 10.7. The highest BCUT2D eigenvalue weighted by Crippen LogP contribution is 2.18. The Labute approximate surface area is 95.8 Å². The Kier molecular flexibility index (Phi) is 3.47. The van der Waals surface area contributed by atoms with Crippen molar-refractivity contribution in [1.82, 2.24) is 0 Å². The summed E-state index contributed by atoms with van der Waals surface area (Å²) in [6.45, 7) is 1.82. The summed E-state index contributed by atoms with van der Waals surface area (Å²) in [6.07, 6.45) is 0. The summed E-state index contributed by atoms with van der Waals surface area (Å²) in [4.78, 5) is 11.3. The molecule has 4 heteroatoms. The van der Waals surface area contributed by atoms with Crippen molar-refractivity contribution < 1.29 is 9.53 Å². The van der Waals surface area contributed by atoms with Crippen LogP contribution in [0.25, 0.3) is 0 Å². The van der Waals surface area contributed by atoms with Crippen molar-refractivity contribution >= 4 is 28.6 Å². The maximum Gasteiger partial charge on any atom is 0.338 e. The quantitative estimate of drug-likeness (QED) is 0.590. The summed E-state index contributed by atoms with van der Waals surface area (Å²) in [5, 5.41) is 8.78. The summed E-state index contributed by atoms with van der Waals surface area (Å²) in [7, 11) is 1.33. The van der Waals surface area contributed by atoms with Gasteiger partial charge >= 0.3 is 5.97 Å². The molecule has 0 fully saturated rings. The summed E-state index contributed by atoms with van der Waals surface area (Å²) in [5.74, 6) is -0.407. The van der Waals surface area contributed by atoms with Crippen molar-refractivity contribution in [3.8, 4) is 6.07 Å². The first-order valence-electron chi connectivity index (χ1n) is 3.88. The molecule has 3 nitrogen and oxygen atoms in total. The van der Waals surface area contributed by atoms with Crippen molar-refractivity contribution in [1.29, 1.82) is 5.26 Å². The number of esters is 1. The van der Waals surface area contributed by atoms with Gasteiger partial charge in [-0.05, 0) is 47.2 Å². The van der Waals surface area contributed by atoms with Gasteiger partial charge in [-0.25, -0.2) is 4.79 Å². The average Bonchev–Trinajstić information content (AvgIpc) is 2.17. The molecule has 0 unspecified atom stereocenters. The Morgan fingerprint density at radius 2 is 2.21 bits per heavy atom. The lowest BCUT2D eigenvalue weighted by atomic mass is 10.1. The molecule has 0 saturated carbocycles. The predicted octanol–water partition coefficient (Wildman–Crippen LogP) is 2.26. The second-order valence-electron chi connectivity index (χ2n) is 2.75. The third-order valence-corrected chi connectivity index (χ3v) is 2.73. The molecular weight excluding hydrogens is 293 g/mol. The number of ether oxygens (including phenoxy) is 1. The minimum Gasteiger partial charge on any atom is -0.465 e. The minimum atomic E-state index is -0.407. The van der Waals surface area contributed by atoms with E-state index in [1.165, 1.54) is 7.11 Å². The van der Waals surface area contributed by atoms with E-state index in [0.29, 0.717) is 11.1 Å². The lowest BCUT2D eigenvalue weighted by Crippen LogP contribution is -2.05. The van der Waals surface area contributed by atoms with E-state index in [-0.39, 0.29) is 0 Å². The van der Waals surface area contributed by atoms with Crippen molar-refractivity contribution in [2.75, 3.05) is 7.11 Å². The minimum absolute atomic E-state index is 0.407. The average molecular weight is 301 g/mol. The molecule has 0 atom stereocenters. The van der Waals surface area contributed by atoms with Gasteiger partial charge in [0.25, 0.3) is 0 Å². The van der Waals surface area contributed by atoms with Gasteiger partial charge in [0.1, 0.15) is 6.07 Å². The number of halogens is 1. The summed E-state index contributed by atoms with van der Waals surface area (Å²) < 4.78 is 5.45. The Morgan fingerprint density at radius 3 is 2.71 bits per heavy atom. The van der Waals surface area contributed by atoms with Crippen LogP contribution in [-0.2, 0) is 4.74 Å². The number of hydrogen-bond donors (Lipinski definition) is 0. The monoisotopic (exact) mass is 301 g/mol. The zero-order valence-corrected chi connectivity index (χ0v) is 9.95. The van der Waals surface area contributed by atoms with Gasteiger partial charge in [-0.1, -0.05) is 0 Å². The van der Waals surface area contributed by atoms with E-state index in [0.717, 1.165) is 9.13 Å². The fourth-order valence-corrected chi connectivity index (χ4v) is 1.83. The molecule has 0 saturated heterocycles. The van der Waals surface area contributed by atoms with Crippen LogP contribution in [0, 0.1) is 21.8 Å². The Balaban J connectivity index is 3.33. The Hall–Kier alpha value is -1.09. The maximum atomic E-state index is 11.3. The summed E-state index contributed by atoms with van der Waals surface area (Å²) >= 11 is 2.06. The van der Waals surface area contributed by atoms with Gasteiger partial charge in [0.2, 0.25) is 0 Å². The highest BCUT2D eigenvalue weighted by molar-refractivity contribution is 14.1. The molecule has 0 N–H and O–H groups in total. The van der Waals surface area contributed by atoms with E-state index in [1.54, 1.807) is 12.1 Å². The van der Waals surface area contributed by atoms with Crippen LogP contribution in [0.1, 0.15) is 21.5 Å². The molecule has 1 aromatic carbocycles. The molecule has 0 heterocycles. The fraction of sp³-hybridized carbons (Fsp3) is 0.200. The molecule has 14 heavy (non-hydrogen) atoms. The SMILES string of the molecule is COC(=O)c1cc(C#N)c(I)cc1C. The predicted molar refractivity (Wildman–Crippen MR) is 60.0 cm³/mol. The number of aryl methyl sites for hydroxylation is 1. The van der Waals surface area contributed by atoms with E-state index in [9.17, 15) is 4.79 Å². The van der Waals surface area contributed by atoms with Crippen LogP contribution in [-0.4, -0.2) is 13.1 Å². The molecule has 0 bridgehead atoms. The van der Waals surface area contributed by atoms with E-state index in [4.69, 9.17) is 5.26 Å². The van der Waals surface area contributed by atoms with Crippen LogP contribution < -0.4 is 0 Å². The van der Waals surface area contributed by atoms with E-state index < -0.39 is 5.97 Å². The normalized spacial score (nSPS) is 9.29. The fourth-order valence-electron chi connectivity index (χ4n) is 1.09. The number of carbonyl (C=O) groups is 1. The second kappa shape index (κ2) is 4.42. The van der Waals surface area contributed by atoms with E-state index in [1.807, 2.05) is 13.0 Å². The lowest BCUT2D eigenvalue weighted by molar-refractivity contribution is 0.0600. The van der Waals surface area contributed by atoms with Crippen molar-refractivity contribution in [3.05, 3.63) is 32.4 Å². The molecule has 1 aromatic rings. The van der Waals surface area contributed by atoms with E-state index in [2.05, 4.69) is 27.3 Å². The third kappa shape index (κ3) is 2.04.